The van der Waals surface area contributed by atoms with Crippen LogP contribution in [0.3, 0.4) is 0 Å². The summed E-state index contributed by atoms with van der Waals surface area (Å²) in [5.74, 6) is 2.83. The first-order chi connectivity index (χ1) is 13.1. The van der Waals surface area contributed by atoms with Crippen molar-refractivity contribution in [2.45, 2.75) is 6.92 Å². The summed E-state index contributed by atoms with van der Waals surface area (Å²) in [5.41, 5.74) is 1.63. The predicted molar refractivity (Wildman–Crippen MR) is 103 cm³/mol. The van der Waals surface area contributed by atoms with Gasteiger partial charge in [-0.25, -0.2) is 15.0 Å². The standard InChI is InChI=1S/C19H21N7O/c1-12-5-17(22-11-21-12)25-7-13-9-26(10-14(13)8-25)19-23-16-6-20-4-3-15(16)18(27)24(19)2/h3-6,11,13-14H,7-10H2,1-2H3. The quantitative estimate of drug-likeness (QED) is 0.672. The molecule has 2 unspecified atom stereocenters. The number of aryl methyl sites for hydroxylation is 1. The fraction of sp³-hybridized carbons (Fsp3) is 0.421. The maximum Gasteiger partial charge on any atom is 0.262 e. The Labute approximate surface area is 156 Å². The summed E-state index contributed by atoms with van der Waals surface area (Å²) in [6.07, 6.45) is 4.93. The van der Waals surface area contributed by atoms with Crippen LogP contribution in [0.1, 0.15) is 5.69 Å². The number of fused-ring (bicyclic) bond motifs is 2. The van der Waals surface area contributed by atoms with Gasteiger partial charge >= 0.3 is 0 Å². The van der Waals surface area contributed by atoms with Crippen LogP contribution in [0.4, 0.5) is 11.8 Å². The minimum Gasteiger partial charge on any atom is -0.356 e. The fourth-order valence-corrected chi connectivity index (χ4v) is 4.35. The Kier molecular flexibility index (Phi) is 3.60. The molecular weight excluding hydrogens is 342 g/mol. The van der Waals surface area contributed by atoms with E-state index in [-0.39, 0.29) is 5.56 Å². The zero-order valence-electron chi connectivity index (χ0n) is 15.4. The number of hydrogen-bond acceptors (Lipinski definition) is 7. The highest BCUT2D eigenvalue weighted by atomic mass is 16.1. The van der Waals surface area contributed by atoms with Crippen molar-refractivity contribution < 1.29 is 0 Å². The average molecular weight is 363 g/mol. The van der Waals surface area contributed by atoms with Crippen LogP contribution in [0.2, 0.25) is 0 Å². The first-order valence-electron chi connectivity index (χ1n) is 9.19. The van der Waals surface area contributed by atoms with E-state index >= 15 is 0 Å². The second-order valence-electron chi connectivity index (χ2n) is 7.52. The molecule has 0 saturated carbocycles. The Morgan fingerprint density at radius 3 is 2.56 bits per heavy atom. The Morgan fingerprint density at radius 2 is 1.81 bits per heavy atom. The lowest BCUT2D eigenvalue weighted by Crippen LogP contribution is -2.33. The SMILES string of the molecule is Cc1cc(N2CC3CN(c4nc5cnccc5c(=O)n4C)CC3C2)ncn1. The van der Waals surface area contributed by atoms with E-state index < -0.39 is 0 Å². The average Bonchev–Trinajstić information content (AvgIpc) is 3.24. The molecule has 0 spiro atoms. The molecule has 0 bridgehead atoms. The number of hydrogen-bond donors (Lipinski definition) is 0. The van der Waals surface area contributed by atoms with Crippen LogP contribution < -0.4 is 15.4 Å². The van der Waals surface area contributed by atoms with Gasteiger partial charge in [0, 0.05) is 63.0 Å². The summed E-state index contributed by atoms with van der Waals surface area (Å²) in [6, 6.07) is 3.77. The molecule has 0 amide bonds. The molecule has 2 fully saturated rings. The summed E-state index contributed by atoms with van der Waals surface area (Å²) in [7, 11) is 1.80. The van der Waals surface area contributed by atoms with E-state index in [1.54, 1.807) is 36.4 Å². The Balaban J connectivity index is 1.40. The topological polar surface area (TPSA) is 80.0 Å². The van der Waals surface area contributed by atoms with Gasteiger partial charge in [0.1, 0.15) is 12.1 Å². The van der Waals surface area contributed by atoms with Crippen molar-refractivity contribution in [2.75, 3.05) is 36.0 Å². The molecule has 0 aromatic carbocycles. The first kappa shape index (κ1) is 16.2. The van der Waals surface area contributed by atoms with Crippen LogP contribution in [-0.2, 0) is 7.05 Å². The monoisotopic (exact) mass is 363 g/mol. The molecule has 2 aliphatic heterocycles. The molecule has 0 aliphatic carbocycles. The van der Waals surface area contributed by atoms with Crippen molar-refractivity contribution in [1.82, 2.24) is 24.5 Å². The third-order valence-corrected chi connectivity index (χ3v) is 5.74. The molecule has 0 radical (unpaired) electrons. The number of aromatic nitrogens is 5. The van der Waals surface area contributed by atoms with E-state index in [1.165, 1.54) is 0 Å². The minimum atomic E-state index is -0.0208. The van der Waals surface area contributed by atoms with Gasteiger partial charge < -0.3 is 9.80 Å². The lowest BCUT2D eigenvalue weighted by atomic mass is 10.0. The summed E-state index contributed by atoms with van der Waals surface area (Å²) >= 11 is 0. The van der Waals surface area contributed by atoms with Crippen molar-refractivity contribution in [3.8, 4) is 0 Å². The Morgan fingerprint density at radius 1 is 1.07 bits per heavy atom. The summed E-state index contributed by atoms with van der Waals surface area (Å²) in [6.45, 7) is 5.74. The molecule has 27 heavy (non-hydrogen) atoms. The van der Waals surface area contributed by atoms with E-state index in [2.05, 4.69) is 24.8 Å². The molecule has 2 saturated heterocycles. The molecule has 138 valence electrons. The van der Waals surface area contributed by atoms with Gasteiger partial charge in [-0.3, -0.25) is 14.3 Å². The molecular formula is C19H21N7O. The van der Waals surface area contributed by atoms with Crippen molar-refractivity contribution in [3.63, 3.8) is 0 Å². The summed E-state index contributed by atoms with van der Waals surface area (Å²) < 4.78 is 1.66. The van der Waals surface area contributed by atoms with Gasteiger partial charge in [-0.1, -0.05) is 0 Å². The highest BCUT2D eigenvalue weighted by Crippen LogP contribution is 2.35. The Bertz CT molecular complexity index is 1070. The highest BCUT2D eigenvalue weighted by Gasteiger charge is 2.41. The van der Waals surface area contributed by atoms with E-state index in [0.29, 0.717) is 22.7 Å². The number of anilines is 2. The van der Waals surface area contributed by atoms with E-state index in [9.17, 15) is 4.79 Å². The van der Waals surface area contributed by atoms with Crippen LogP contribution in [0.15, 0.2) is 35.6 Å². The van der Waals surface area contributed by atoms with E-state index in [4.69, 9.17) is 4.98 Å². The van der Waals surface area contributed by atoms with Gasteiger partial charge in [-0.15, -0.1) is 0 Å². The van der Waals surface area contributed by atoms with E-state index in [1.807, 2.05) is 13.0 Å². The van der Waals surface area contributed by atoms with Gasteiger partial charge in [0.25, 0.3) is 5.56 Å². The predicted octanol–water partition coefficient (Wildman–Crippen LogP) is 1.000. The normalized spacial score (nSPS) is 21.9. The zero-order chi connectivity index (χ0) is 18.5. The van der Waals surface area contributed by atoms with Gasteiger partial charge in [0.15, 0.2) is 0 Å². The van der Waals surface area contributed by atoms with E-state index in [0.717, 1.165) is 43.6 Å². The zero-order valence-corrected chi connectivity index (χ0v) is 15.4. The molecule has 5 rings (SSSR count). The first-order valence-corrected chi connectivity index (χ1v) is 9.19. The van der Waals surface area contributed by atoms with Crippen LogP contribution in [0, 0.1) is 18.8 Å². The molecule has 5 heterocycles. The Hall–Kier alpha value is -3.03. The van der Waals surface area contributed by atoms with Gasteiger partial charge in [0.2, 0.25) is 5.95 Å². The minimum absolute atomic E-state index is 0.0208. The molecule has 8 nitrogen and oxygen atoms in total. The second kappa shape index (κ2) is 6.00. The van der Waals surface area contributed by atoms with Crippen molar-refractivity contribution >= 4 is 22.7 Å². The van der Waals surface area contributed by atoms with Gasteiger partial charge in [0.05, 0.1) is 17.1 Å². The van der Waals surface area contributed by atoms with Crippen molar-refractivity contribution in [2.24, 2.45) is 18.9 Å². The largest absolute Gasteiger partial charge is 0.356 e. The van der Waals surface area contributed by atoms with Gasteiger partial charge in [-0.05, 0) is 13.0 Å². The van der Waals surface area contributed by atoms with Crippen LogP contribution in [0.25, 0.3) is 10.9 Å². The fourth-order valence-electron chi connectivity index (χ4n) is 4.35. The molecule has 2 aliphatic rings. The number of nitrogens with zero attached hydrogens (tertiary/aromatic N) is 7. The molecule has 0 N–H and O–H groups in total. The highest BCUT2D eigenvalue weighted by molar-refractivity contribution is 5.77. The third kappa shape index (κ3) is 2.63. The van der Waals surface area contributed by atoms with Crippen LogP contribution >= 0.6 is 0 Å². The number of rotatable bonds is 2. The molecule has 3 aromatic rings. The van der Waals surface area contributed by atoms with Crippen molar-refractivity contribution in [1.29, 1.82) is 0 Å². The summed E-state index contributed by atoms with van der Waals surface area (Å²) in [5, 5.41) is 0.612. The van der Waals surface area contributed by atoms with Gasteiger partial charge in [-0.2, -0.15) is 0 Å². The maximum atomic E-state index is 12.7. The van der Waals surface area contributed by atoms with Crippen LogP contribution in [0.5, 0.6) is 0 Å². The number of pyridine rings is 1. The van der Waals surface area contributed by atoms with Crippen molar-refractivity contribution in [3.05, 3.63) is 46.9 Å². The lowest BCUT2D eigenvalue weighted by Gasteiger charge is -2.24. The molecule has 2 atom stereocenters. The lowest BCUT2D eigenvalue weighted by molar-refractivity contribution is 0.533. The molecule has 3 aromatic heterocycles. The summed E-state index contributed by atoms with van der Waals surface area (Å²) in [4.78, 5) is 34.7. The smallest absolute Gasteiger partial charge is 0.262 e. The van der Waals surface area contributed by atoms with Crippen LogP contribution in [-0.4, -0.2) is 50.7 Å². The maximum absolute atomic E-state index is 12.7. The third-order valence-electron chi connectivity index (χ3n) is 5.74. The molecule has 8 heteroatoms. The second-order valence-corrected chi connectivity index (χ2v) is 7.52.